The van der Waals surface area contributed by atoms with Gasteiger partial charge in [0.1, 0.15) is 0 Å². The van der Waals surface area contributed by atoms with Crippen LogP contribution in [-0.4, -0.2) is 8.42 Å². The first-order valence-corrected chi connectivity index (χ1v) is 7.64. The second-order valence-electron chi connectivity index (χ2n) is 4.72. The molecule has 0 heterocycles. The van der Waals surface area contributed by atoms with Crippen LogP contribution in [0.15, 0.2) is 47.4 Å². The minimum atomic E-state index is -4.54. The molecule has 22 heavy (non-hydrogen) atoms. The number of benzene rings is 2. The monoisotopic (exact) mass is 330 g/mol. The first-order valence-electron chi connectivity index (χ1n) is 6.16. The molecule has 2 aromatic carbocycles. The number of anilines is 2. The van der Waals surface area contributed by atoms with Crippen molar-refractivity contribution in [3.63, 3.8) is 0 Å². The van der Waals surface area contributed by atoms with Crippen molar-refractivity contribution in [2.24, 2.45) is 0 Å². The summed E-state index contributed by atoms with van der Waals surface area (Å²) in [6.07, 6.45) is -4.54. The van der Waals surface area contributed by atoms with Crippen molar-refractivity contribution in [1.29, 1.82) is 0 Å². The first kappa shape index (κ1) is 16.2. The Balaban J connectivity index is 2.35. The summed E-state index contributed by atoms with van der Waals surface area (Å²) in [6, 6.07) is 8.58. The van der Waals surface area contributed by atoms with Gasteiger partial charge in [-0.15, -0.1) is 0 Å². The highest BCUT2D eigenvalue weighted by Gasteiger charge is 2.31. The Bertz CT molecular complexity index is 802. The maximum absolute atomic E-state index is 12.6. The molecule has 3 N–H and O–H groups in total. The fourth-order valence-corrected chi connectivity index (χ4v) is 3.01. The topological polar surface area (TPSA) is 72.2 Å². The maximum Gasteiger partial charge on any atom is 0.416 e. The molecule has 0 saturated heterocycles. The number of nitrogens with two attached hydrogens (primary N) is 1. The van der Waals surface area contributed by atoms with Gasteiger partial charge in [-0.2, -0.15) is 13.2 Å². The van der Waals surface area contributed by atoms with Gasteiger partial charge in [0, 0.05) is 0 Å². The van der Waals surface area contributed by atoms with Crippen LogP contribution in [0.1, 0.15) is 11.1 Å². The van der Waals surface area contributed by atoms with Crippen molar-refractivity contribution in [1.82, 2.24) is 0 Å². The lowest BCUT2D eigenvalue weighted by Crippen LogP contribution is -2.15. The third-order valence-corrected chi connectivity index (χ3v) is 4.29. The molecule has 0 aromatic heterocycles. The van der Waals surface area contributed by atoms with Crippen LogP contribution in [0.25, 0.3) is 0 Å². The summed E-state index contributed by atoms with van der Waals surface area (Å²) in [5, 5.41) is 0. The lowest BCUT2D eigenvalue weighted by Gasteiger charge is -2.13. The smallest absolute Gasteiger partial charge is 0.397 e. The summed E-state index contributed by atoms with van der Waals surface area (Å²) < 4.78 is 64.2. The summed E-state index contributed by atoms with van der Waals surface area (Å²) in [4.78, 5) is 0.00629. The molecule has 0 bridgehead atoms. The number of alkyl halides is 3. The van der Waals surface area contributed by atoms with E-state index in [-0.39, 0.29) is 16.3 Å². The quantitative estimate of drug-likeness (QED) is 0.847. The molecule has 0 aliphatic carbocycles. The van der Waals surface area contributed by atoms with E-state index in [0.29, 0.717) is 6.07 Å². The summed E-state index contributed by atoms with van der Waals surface area (Å²) in [7, 11) is -3.92. The standard InChI is InChI=1S/C14H13F3N2O2S/c1-9-3-2-4-11(7-9)22(20,21)19-13-6-5-10(8-12(13)18)14(15,16)17/h2-8,19H,18H2,1H3. The molecule has 0 unspecified atom stereocenters. The molecule has 8 heteroatoms. The second kappa shape index (κ2) is 5.53. The highest BCUT2D eigenvalue weighted by Crippen LogP contribution is 2.33. The summed E-state index contributed by atoms with van der Waals surface area (Å²) in [5.74, 6) is 0. The molecule has 0 amide bonds. The minimum Gasteiger partial charge on any atom is -0.397 e. The van der Waals surface area contributed by atoms with E-state index < -0.39 is 21.8 Å². The van der Waals surface area contributed by atoms with Crippen LogP contribution in [0.2, 0.25) is 0 Å². The molecule has 4 nitrogen and oxygen atoms in total. The van der Waals surface area contributed by atoms with E-state index in [1.807, 2.05) is 0 Å². The molecule has 118 valence electrons. The van der Waals surface area contributed by atoms with E-state index >= 15 is 0 Å². The van der Waals surface area contributed by atoms with Gasteiger partial charge in [0.05, 0.1) is 21.8 Å². The Kier molecular flexibility index (Phi) is 4.06. The molecule has 0 fully saturated rings. The first-order chi connectivity index (χ1) is 10.1. The lowest BCUT2D eigenvalue weighted by molar-refractivity contribution is -0.137. The SMILES string of the molecule is Cc1cccc(S(=O)(=O)Nc2ccc(C(F)(F)F)cc2N)c1. The normalized spacial score (nSPS) is 12.2. The number of rotatable bonds is 3. The summed E-state index contributed by atoms with van der Waals surface area (Å²) in [5.41, 5.74) is 4.90. The van der Waals surface area contributed by atoms with Crippen molar-refractivity contribution < 1.29 is 21.6 Å². The molecule has 0 saturated carbocycles. The van der Waals surface area contributed by atoms with Crippen LogP contribution < -0.4 is 10.5 Å². The van der Waals surface area contributed by atoms with E-state index in [1.54, 1.807) is 19.1 Å². The molecular formula is C14H13F3N2O2S. The number of nitrogens with one attached hydrogen (secondary N) is 1. The number of halogens is 3. The summed E-state index contributed by atoms with van der Waals surface area (Å²) >= 11 is 0. The van der Waals surface area contributed by atoms with Gasteiger partial charge in [-0.25, -0.2) is 8.42 Å². The zero-order chi connectivity index (χ0) is 16.5. The zero-order valence-corrected chi connectivity index (χ0v) is 12.3. The second-order valence-corrected chi connectivity index (χ2v) is 6.40. The maximum atomic E-state index is 12.6. The van der Waals surface area contributed by atoms with Crippen LogP contribution in [0.3, 0.4) is 0 Å². The highest BCUT2D eigenvalue weighted by molar-refractivity contribution is 7.92. The minimum absolute atomic E-state index is 0.00629. The summed E-state index contributed by atoms with van der Waals surface area (Å²) in [6.45, 7) is 1.73. The zero-order valence-electron chi connectivity index (χ0n) is 11.5. The molecule has 2 rings (SSSR count). The van der Waals surface area contributed by atoms with Crippen LogP contribution in [0, 0.1) is 6.92 Å². The van der Waals surface area contributed by atoms with Gasteiger partial charge >= 0.3 is 6.18 Å². The molecule has 0 aliphatic rings. The molecule has 0 radical (unpaired) electrons. The van der Waals surface area contributed by atoms with E-state index in [2.05, 4.69) is 4.72 Å². The van der Waals surface area contributed by atoms with Crippen molar-refractivity contribution >= 4 is 21.4 Å². The Morgan fingerprint density at radius 3 is 2.32 bits per heavy atom. The van der Waals surface area contributed by atoms with Gasteiger partial charge < -0.3 is 5.73 Å². The van der Waals surface area contributed by atoms with Crippen LogP contribution in [0.5, 0.6) is 0 Å². The lowest BCUT2D eigenvalue weighted by atomic mass is 10.2. The largest absolute Gasteiger partial charge is 0.416 e. The fraction of sp³-hybridized carbons (Fsp3) is 0.143. The number of sulfonamides is 1. The van der Waals surface area contributed by atoms with Gasteiger partial charge in [-0.3, -0.25) is 4.72 Å². The molecule has 0 aliphatic heterocycles. The number of hydrogen-bond acceptors (Lipinski definition) is 3. The fourth-order valence-electron chi connectivity index (χ4n) is 1.82. The number of aryl methyl sites for hydroxylation is 1. The van der Waals surface area contributed by atoms with Gasteiger partial charge in [0.25, 0.3) is 10.0 Å². The Morgan fingerprint density at radius 1 is 1.09 bits per heavy atom. The van der Waals surface area contributed by atoms with Gasteiger partial charge in [-0.1, -0.05) is 12.1 Å². The predicted octanol–water partition coefficient (Wildman–Crippen LogP) is 3.40. The van der Waals surface area contributed by atoms with Crippen LogP contribution in [0.4, 0.5) is 24.5 Å². The Hall–Kier alpha value is -2.22. The molecule has 0 atom stereocenters. The van der Waals surface area contributed by atoms with Crippen molar-refractivity contribution in [2.75, 3.05) is 10.5 Å². The average molecular weight is 330 g/mol. The van der Waals surface area contributed by atoms with Crippen molar-refractivity contribution in [2.45, 2.75) is 18.0 Å². The third kappa shape index (κ3) is 3.51. The van der Waals surface area contributed by atoms with Crippen LogP contribution >= 0.6 is 0 Å². The molecule has 0 spiro atoms. The van der Waals surface area contributed by atoms with Gasteiger partial charge in [-0.05, 0) is 42.8 Å². The number of hydrogen-bond donors (Lipinski definition) is 2. The average Bonchev–Trinajstić information content (AvgIpc) is 2.40. The Labute approximate surface area is 125 Å². The highest BCUT2D eigenvalue weighted by atomic mass is 32.2. The van der Waals surface area contributed by atoms with Gasteiger partial charge in [0.15, 0.2) is 0 Å². The predicted molar refractivity (Wildman–Crippen MR) is 77.8 cm³/mol. The van der Waals surface area contributed by atoms with E-state index in [9.17, 15) is 21.6 Å². The van der Waals surface area contributed by atoms with E-state index in [0.717, 1.165) is 17.7 Å². The number of nitrogen functional groups attached to an aromatic ring is 1. The van der Waals surface area contributed by atoms with E-state index in [4.69, 9.17) is 5.73 Å². The van der Waals surface area contributed by atoms with Crippen LogP contribution in [-0.2, 0) is 16.2 Å². The van der Waals surface area contributed by atoms with E-state index in [1.165, 1.54) is 12.1 Å². The third-order valence-electron chi connectivity index (χ3n) is 2.92. The Morgan fingerprint density at radius 2 is 1.77 bits per heavy atom. The van der Waals surface area contributed by atoms with Gasteiger partial charge in [0.2, 0.25) is 0 Å². The molecule has 2 aromatic rings. The van der Waals surface area contributed by atoms with Crippen molar-refractivity contribution in [3.8, 4) is 0 Å². The van der Waals surface area contributed by atoms with Crippen molar-refractivity contribution in [3.05, 3.63) is 53.6 Å². The molecular weight excluding hydrogens is 317 g/mol.